The molecule has 0 heterocycles. The summed E-state index contributed by atoms with van der Waals surface area (Å²) in [5.74, 6) is 0.647. The molecule has 1 rings (SSSR count). The fourth-order valence-corrected chi connectivity index (χ4v) is 1.20. The second-order valence-electron chi connectivity index (χ2n) is 3.88. The fourth-order valence-electron chi connectivity index (χ4n) is 1.20. The number of rotatable bonds is 4. The molecule has 0 aromatic heterocycles. The van der Waals surface area contributed by atoms with E-state index in [9.17, 15) is 4.79 Å². The molecule has 0 aliphatic heterocycles. The Morgan fingerprint density at radius 2 is 2.00 bits per heavy atom. The molecular weight excluding hydrogens is 206 g/mol. The highest BCUT2D eigenvalue weighted by molar-refractivity contribution is 5.70. The van der Waals surface area contributed by atoms with E-state index < -0.39 is 6.09 Å². The van der Waals surface area contributed by atoms with Crippen molar-refractivity contribution in [3.8, 4) is 5.75 Å². The number of aliphatic hydroxyl groups is 1. The first kappa shape index (κ1) is 12.5. The zero-order valence-electron chi connectivity index (χ0n) is 9.51. The first-order valence-electron chi connectivity index (χ1n) is 5.27. The zero-order chi connectivity index (χ0) is 12.0. The normalized spacial score (nSPS) is 12.2. The number of hydrogen-bond donors (Lipinski definition) is 2. The van der Waals surface area contributed by atoms with Crippen LogP contribution in [0.1, 0.15) is 13.8 Å². The van der Waals surface area contributed by atoms with Gasteiger partial charge in [-0.2, -0.15) is 0 Å². The minimum Gasteiger partial charge on any atom is -0.410 e. The van der Waals surface area contributed by atoms with Crippen molar-refractivity contribution in [2.45, 2.75) is 19.9 Å². The molecule has 88 valence electrons. The minimum atomic E-state index is -0.543. The largest absolute Gasteiger partial charge is 0.412 e. The summed E-state index contributed by atoms with van der Waals surface area (Å²) in [6, 6.07) is 8.53. The van der Waals surface area contributed by atoms with Crippen molar-refractivity contribution in [2.75, 3.05) is 6.61 Å². The van der Waals surface area contributed by atoms with Gasteiger partial charge in [-0.3, -0.25) is 0 Å². The smallest absolute Gasteiger partial charge is 0.410 e. The van der Waals surface area contributed by atoms with Crippen LogP contribution in [0.2, 0.25) is 0 Å². The van der Waals surface area contributed by atoms with E-state index in [1.165, 1.54) is 0 Å². The van der Waals surface area contributed by atoms with Gasteiger partial charge in [-0.1, -0.05) is 32.0 Å². The highest BCUT2D eigenvalue weighted by Crippen LogP contribution is 2.09. The molecule has 4 nitrogen and oxygen atoms in total. The summed E-state index contributed by atoms with van der Waals surface area (Å²) in [6.07, 6.45) is -0.543. The van der Waals surface area contributed by atoms with Crippen molar-refractivity contribution >= 4 is 6.09 Å². The molecule has 0 aliphatic rings. The van der Waals surface area contributed by atoms with Crippen molar-refractivity contribution in [3.63, 3.8) is 0 Å². The molecule has 2 N–H and O–H groups in total. The first-order valence-corrected chi connectivity index (χ1v) is 5.27. The van der Waals surface area contributed by atoms with Gasteiger partial charge in [-0.05, 0) is 18.1 Å². The van der Waals surface area contributed by atoms with Gasteiger partial charge < -0.3 is 15.2 Å². The van der Waals surface area contributed by atoms with Gasteiger partial charge >= 0.3 is 6.09 Å². The van der Waals surface area contributed by atoms with Gasteiger partial charge in [0.1, 0.15) is 5.75 Å². The van der Waals surface area contributed by atoms with Crippen molar-refractivity contribution in [2.24, 2.45) is 5.92 Å². The molecule has 0 fully saturated rings. The van der Waals surface area contributed by atoms with Crippen molar-refractivity contribution < 1.29 is 14.6 Å². The van der Waals surface area contributed by atoms with Gasteiger partial charge in [0.15, 0.2) is 0 Å². The van der Waals surface area contributed by atoms with E-state index in [-0.39, 0.29) is 18.6 Å². The highest BCUT2D eigenvalue weighted by Gasteiger charge is 2.15. The minimum absolute atomic E-state index is 0.0957. The Kier molecular flexibility index (Phi) is 4.79. The van der Waals surface area contributed by atoms with Crippen LogP contribution in [0.4, 0.5) is 4.79 Å². The van der Waals surface area contributed by atoms with Crippen LogP contribution in [0.5, 0.6) is 5.75 Å². The quantitative estimate of drug-likeness (QED) is 0.818. The molecule has 0 aliphatic carbocycles. The average Bonchev–Trinajstić information content (AvgIpc) is 2.27. The number of nitrogens with one attached hydrogen (secondary N) is 1. The molecular formula is C12H17NO3. The number of aliphatic hydroxyl groups excluding tert-OH is 1. The molecule has 0 radical (unpaired) electrons. The van der Waals surface area contributed by atoms with Gasteiger partial charge in [0.25, 0.3) is 0 Å². The molecule has 4 heteroatoms. The lowest BCUT2D eigenvalue weighted by Gasteiger charge is -2.19. The van der Waals surface area contributed by atoms with E-state index in [2.05, 4.69) is 5.32 Å². The van der Waals surface area contributed by atoms with Crippen molar-refractivity contribution in [1.82, 2.24) is 5.32 Å². The number of hydrogen-bond acceptors (Lipinski definition) is 3. The lowest BCUT2D eigenvalue weighted by atomic mass is 10.1. The molecule has 0 saturated heterocycles. The monoisotopic (exact) mass is 223 g/mol. The van der Waals surface area contributed by atoms with Crippen LogP contribution in [0, 0.1) is 5.92 Å². The summed E-state index contributed by atoms with van der Waals surface area (Å²) in [5.41, 5.74) is 0. The summed E-state index contributed by atoms with van der Waals surface area (Å²) in [7, 11) is 0. The molecule has 16 heavy (non-hydrogen) atoms. The molecule has 1 aromatic rings. The molecule has 1 unspecified atom stereocenters. The van der Waals surface area contributed by atoms with Crippen LogP contribution < -0.4 is 10.1 Å². The van der Waals surface area contributed by atoms with Crippen LogP contribution in [0.25, 0.3) is 0 Å². The molecule has 1 aromatic carbocycles. The summed E-state index contributed by atoms with van der Waals surface area (Å²) >= 11 is 0. The van der Waals surface area contributed by atoms with Crippen LogP contribution in [-0.2, 0) is 0 Å². The lowest BCUT2D eigenvalue weighted by molar-refractivity contribution is 0.171. The zero-order valence-corrected chi connectivity index (χ0v) is 9.51. The third kappa shape index (κ3) is 3.90. The predicted octanol–water partition coefficient (Wildman–Crippen LogP) is 1.79. The third-order valence-electron chi connectivity index (χ3n) is 2.26. The third-order valence-corrected chi connectivity index (χ3v) is 2.26. The van der Waals surface area contributed by atoms with Crippen molar-refractivity contribution in [1.29, 1.82) is 0 Å². The summed E-state index contributed by atoms with van der Waals surface area (Å²) in [4.78, 5) is 11.4. The number of ether oxygens (including phenoxy) is 1. The summed E-state index contributed by atoms with van der Waals surface area (Å²) in [6.45, 7) is 3.74. The second kappa shape index (κ2) is 6.12. The van der Waals surface area contributed by atoms with Gasteiger partial charge in [-0.15, -0.1) is 0 Å². The topological polar surface area (TPSA) is 58.6 Å². The standard InChI is InChI=1S/C12H17NO3/c1-9(2)11(8-14)13-12(15)16-10-6-4-3-5-7-10/h3-7,9,11,14H,8H2,1-2H3,(H,13,15). The van der Waals surface area contributed by atoms with Gasteiger partial charge in [0, 0.05) is 0 Å². The Hall–Kier alpha value is -1.55. The van der Waals surface area contributed by atoms with E-state index in [1.807, 2.05) is 19.9 Å². The Morgan fingerprint density at radius 3 is 2.50 bits per heavy atom. The maximum atomic E-state index is 11.4. The van der Waals surface area contributed by atoms with Crippen LogP contribution in [0.3, 0.4) is 0 Å². The van der Waals surface area contributed by atoms with E-state index in [0.717, 1.165) is 0 Å². The number of para-hydroxylation sites is 1. The number of amides is 1. The number of carbonyl (C=O) groups excluding carboxylic acids is 1. The summed E-state index contributed by atoms with van der Waals surface area (Å²) < 4.78 is 5.04. The Balaban J connectivity index is 2.47. The lowest BCUT2D eigenvalue weighted by Crippen LogP contribution is -2.42. The second-order valence-corrected chi connectivity index (χ2v) is 3.88. The van der Waals surface area contributed by atoms with E-state index in [1.54, 1.807) is 24.3 Å². The number of benzene rings is 1. The van der Waals surface area contributed by atoms with Gasteiger partial charge in [-0.25, -0.2) is 4.79 Å². The Morgan fingerprint density at radius 1 is 1.38 bits per heavy atom. The maximum Gasteiger partial charge on any atom is 0.412 e. The average molecular weight is 223 g/mol. The van der Waals surface area contributed by atoms with E-state index >= 15 is 0 Å². The van der Waals surface area contributed by atoms with E-state index in [4.69, 9.17) is 9.84 Å². The number of carbonyl (C=O) groups is 1. The predicted molar refractivity (Wildman–Crippen MR) is 61.3 cm³/mol. The SMILES string of the molecule is CC(C)C(CO)NC(=O)Oc1ccccc1. The van der Waals surface area contributed by atoms with Crippen molar-refractivity contribution in [3.05, 3.63) is 30.3 Å². The van der Waals surface area contributed by atoms with Crippen LogP contribution in [0.15, 0.2) is 30.3 Å². The molecule has 0 bridgehead atoms. The first-order chi connectivity index (χ1) is 7.63. The van der Waals surface area contributed by atoms with Gasteiger partial charge in [0.05, 0.1) is 12.6 Å². The van der Waals surface area contributed by atoms with Gasteiger partial charge in [0.2, 0.25) is 0 Å². The molecule has 0 spiro atoms. The highest BCUT2D eigenvalue weighted by atomic mass is 16.6. The molecule has 1 atom stereocenters. The molecule has 1 amide bonds. The Labute approximate surface area is 95.2 Å². The fraction of sp³-hybridized carbons (Fsp3) is 0.417. The summed E-state index contributed by atoms with van der Waals surface area (Å²) in [5, 5.41) is 11.6. The maximum absolute atomic E-state index is 11.4. The Bertz CT molecular complexity index is 324. The molecule has 0 saturated carbocycles. The van der Waals surface area contributed by atoms with E-state index in [0.29, 0.717) is 5.75 Å². The van der Waals surface area contributed by atoms with Crippen LogP contribution in [-0.4, -0.2) is 23.8 Å². The van der Waals surface area contributed by atoms with Crippen LogP contribution >= 0.6 is 0 Å².